The molecule has 0 N–H and O–H groups in total. The van der Waals surface area contributed by atoms with Crippen molar-refractivity contribution in [3.63, 3.8) is 0 Å². The molecule has 5 nitrogen and oxygen atoms in total. The molecule has 0 aliphatic heterocycles. The van der Waals surface area contributed by atoms with Crippen molar-refractivity contribution in [3.05, 3.63) is 93.9 Å². The second kappa shape index (κ2) is 7.74. The summed E-state index contributed by atoms with van der Waals surface area (Å²) in [7, 11) is 1.58. The van der Waals surface area contributed by atoms with E-state index in [4.69, 9.17) is 21.1 Å². The summed E-state index contributed by atoms with van der Waals surface area (Å²) < 4.78 is 12.2. The fourth-order valence-electron chi connectivity index (χ4n) is 2.93. The predicted molar refractivity (Wildman–Crippen MR) is 110 cm³/mol. The van der Waals surface area contributed by atoms with Gasteiger partial charge in [0.25, 0.3) is 0 Å². The number of aromatic nitrogens is 2. The van der Waals surface area contributed by atoms with Crippen LogP contribution in [0.5, 0.6) is 17.2 Å². The Labute approximate surface area is 166 Å². The summed E-state index contributed by atoms with van der Waals surface area (Å²) in [5.74, 6) is 1.23. The summed E-state index contributed by atoms with van der Waals surface area (Å²) in [5, 5.41) is 6.57. The third-order valence-electron chi connectivity index (χ3n) is 4.38. The quantitative estimate of drug-likeness (QED) is 0.484. The Kier molecular flexibility index (Phi) is 5.00. The average molecular weight is 393 g/mol. The average Bonchev–Trinajstić information content (AvgIpc) is 2.73. The fourth-order valence-corrected chi connectivity index (χ4v) is 3.09. The number of halogens is 1. The Morgan fingerprint density at radius 3 is 2.43 bits per heavy atom. The predicted octanol–water partition coefficient (Wildman–Crippen LogP) is 4.90. The zero-order chi connectivity index (χ0) is 19.5. The molecular weight excluding hydrogens is 376 g/mol. The molecule has 140 valence electrons. The van der Waals surface area contributed by atoms with E-state index in [-0.39, 0.29) is 10.8 Å². The Hall–Kier alpha value is -3.31. The van der Waals surface area contributed by atoms with Gasteiger partial charge in [0.1, 0.15) is 16.5 Å². The van der Waals surface area contributed by atoms with E-state index in [9.17, 15) is 4.79 Å². The summed E-state index contributed by atoms with van der Waals surface area (Å²) in [4.78, 5) is 12.9. The number of ether oxygens (including phenoxy) is 2. The van der Waals surface area contributed by atoms with Gasteiger partial charge in [-0.15, -0.1) is 0 Å². The molecule has 0 saturated carbocycles. The number of nitrogens with zero attached hydrogens (tertiary/aromatic N) is 2. The molecule has 0 aliphatic rings. The first-order chi connectivity index (χ1) is 13.6. The number of fused-ring (bicyclic) bond motifs is 1. The highest BCUT2D eigenvalue weighted by Gasteiger charge is 2.13. The van der Waals surface area contributed by atoms with Crippen LogP contribution in [0.4, 0.5) is 0 Å². The zero-order valence-corrected chi connectivity index (χ0v) is 15.9. The van der Waals surface area contributed by atoms with Gasteiger partial charge < -0.3 is 9.47 Å². The lowest BCUT2D eigenvalue weighted by Crippen LogP contribution is -2.24. The Balaban J connectivity index is 1.64. The molecule has 0 saturated heterocycles. The van der Waals surface area contributed by atoms with Gasteiger partial charge in [-0.05, 0) is 46.7 Å². The van der Waals surface area contributed by atoms with Gasteiger partial charge >= 0.3 is 5.56 Å². The molecule has 0 aliphatic carbocycles. The fraction of sp³-hybridized carbons (Fsp3) is 0.0909. The van der Waals surface area contributed by atoms with E-state index < -0.39 is 5.56 Å². The molecule has 0 bridgehead atoms. The third kappa shape index (κ3) is 3.70. The highest BCUT2D eigenvalue weighted by molar-refractivity contribution is 6.31. The van der Waals surface area contributed by atoms with Gasteiger partial charge in [0.15, 0.2) is 0 Å². The van der Waals surface area contributed by atoms with Crippen molar-refractivity contribution >= 4 is 22.4 Å². The number of rotatable bonds is 5. The first-order valence-electron chi connectivity index (χ1n) is 8.69. The van der Waals surface area contributed by atoms with Crippen molar-refractivity contribution in [2.24, 2.45) is 0 Å². The maximum absolute atomic E-state index is 12.9. The van der Waals surface area contributed by atoms with E-state index in [0.717, 1.165) is 16.3 Å². The molecular formula is C22H17ClN2O3. The second-order valence-corrected chi connectivity index (χ2v) is 6.65. The van der Waals surface area contributed by atoms with E-state index in [1.165, 1.54) is 10.9 Å². The van der Waals surface area contributed by atoms with Crippen molar-refractivity contribution in [3.8, 4) is 17.2 Å². The van der Waals surface area contributed by atoms with E-state index in [1.807, 2.05) is 42.5 Å². The van der Waals surface area contributed by atoms with Crippen molar-refractivity contribution in [2.75, 3.05) is 7.11 Å². The molecule has 0 fully saturated rings. The van der Waals surface area contributed by atoms with Crippen LogP contribution in [0.2, 0.25) is 5.02 Å². The lowest BCUT2D eigenvalue weighted by atomic mass is 10.1. The van der Waals surface area contributed by atoms with Gasteiger partial charge in [0.05, 0.1) is 19.9 Å². The number of hydrogen-bond acceptors (Lipinski definition) is 4. The Bertz CT molecular complexity index is 1190. The zero-order valence-electron chi connectivity index (χ0n) is 15.1. The smallest absolute Gasteiger partial charge is 0.311 e. The molecule has 0 amide bonds. The van der Waals surface area contributed by atoms with Crippen LogP contribution in [0.15, 0.2) is 77.7 Å². The summed E-state index contributed by atoms with van der Waals surface area (Å²) in [6, 6.07) is 21.0. The number of methoxy groups -OCH3 is 1. The van der Waals surface area contributed by atoms with Gasteiger partial charge in [0.2, 0.25) is 5.75 Å². The molecule has 0 spiro atoms. The lowest BCUT2D eigenvalue weighted by molar-refractivity contribution is 0.412. The molecule has 1 heterocycles. The molecule has 28 heavy (non-hydrogen) atoms. The number of hydrogen-bond donors (Lipinski definition) is 0. The topological polar surface area (TPSA) is 53.4 Å². The molecule has 3 aromatic carbocycles. The largest absolute Gasteiger partial charge is 0.497 e. The minimum absolute atomic E-state index is 0.0441. The van der Waals surface area contributed by atoms with Crippen LogP contribution in [-0.2, 0) is 6.54 Å². The van der Waals surface area contributed by atoms with E-state index >= 15 is 0 Å². The van der Waals surface area contributed by atoms with Gasteiger partial charge in [-0.1, -0.05) is 48.0 Å². The third-order valence-corrected chi connectivity index (χ3v) is 4.65. The second-order valence-electron chi connectivity index (χ2n) is 6.24. The van der Waals surface area contributed by atoms with Gasteiger partial charge in [-0.2, -0.15) is 5.10 Å². The Morgan fingerprint density at radius 1 is 0.964 bits per heavy atom. The molecule has 4 rings (SSSR count). The molecule has 0 unspecified atom stereocenters. The summed E-state index contributed by atoms with van der Waals surface area (Å²) in [6.45, 7) is 0.319. The minimum Gasteiger partial charge on any atom is -0.497 e. The molecule has 6 heteroatoms. The van der Waals surface area contributed by atoms with Crippen molar-refractivity contribution < 1.29 is 9.47 Å². The van der Waals surface area contributed by atoms with Crippen molar-refractivity contribution in [2.45, 2.75) is 6.54 Å². The van der Waals surface area contributed by atoms with E-state index in [0.29, 0.717) is 18.0 Å². The SMILES string of the molecule is COc1ccc(Oc2c(Cl)cnn(Cc3ccc4ccccc4c3)c2=O)cc1. The first kappa shape index (κ1) is 18.1. The minimum atomic E-state index is -0.392. The van der Waals surface area contributed by atoms with Crippen LogP contribution in [-0.4, -0.2) is 16.9 Å². The molecule has 1 aromatic heterocycles. The molecule has 4 aromatic rings. The van der Waals surface area contributed by atoms with Gasteiger partial charge in [-0.3, -0.25) is 4.79 Å². The highest BCUT2D eigenvalue weighted by atomic mass is 35.5. The van der Waals surface area contributed by atoms with Gasteiger partial charge in [0, 0.05) is 0 Å². The molecule has 0 atom stereocenters. The van der Waals surface area contributed by atoms with Crippen LogP contribution in [0.1, 0.15) is 5.56 Å². The van der Waals surface area contributed by atoms with E-state index in [1.54, 1.807) is 31.4 Å². The number of benzene rings is 3. The van der Waals surface area contributed by atoms with Crippen molar-refractivity contribution in [1.82, 2.24) is 9.78 Å². The summed E-state index contributed by atoms with van der Waals surface area (Å²) >= 11 is 6.17. The molecule has 0 radical (unpaired) electrons. The standard InChI is InChI=1S/C22H17ClN2O3/c1-27-18-8-10-19(11-9-18)28-21-20(23)13-24-25(22(21)26)14-15-6-7-16-4-2-3-5-17(16)12-15/h2-13H,14H2,1H3. The normalized spacial score (nSPS) is 10.8. The van der Waals surface area contributed by atoms with Crippen molar-refractivity contribution in [1.29, 1.82) is 0 Å². The monoisotopic (exact) mass is 392 g/mol. The summed E-state index contributed by atoms with van der Waals surface area (Å²) in [6.07, 6.45) is 1.42. The van der Waals surface area contributed by atoms with Crippen LogP contribution in [0, 0.1) is 0 Å². The highest BCUT2D eigenvalue weighted by Crippen LogP contribution is 2.26. The van der Waals surface area contributed by atoms with Crippen LogP contribution < -0.4 is 15.0 Å². The summed E-state index contributed by atoms with van der Waals surface area (Å²) in [5.41, 5.74) is 0.572. The van der Waals surface area contributed by atoms with Crippen LogP contribution in [0.3, 0.4) is 0 Å². The van der Waals surface area contributed by atoms with Crippen LogP contribution in [0.25, 0.3) is 10.8 Å². The lowest BCUT2D eigenvalue weighted by Gasteiger charge is -2.11. The van der Waals surface area contributed by atoms with Crippen LogP contribution >= 0.6 is 11.6 Å². The van der Waals surface area contributed by atoms with E-state index in [2.05, 4.69) is 5.10 Å². The first-order valence-corrected chi connectivity index (χ1v) is 9.07. The van der Waals surface area contributed by atoms with Gasteiger partial charge in [-0.25, -0.2) is 4.68 Å². The maximum Gasteiger partial charge on any atom is 0.311 e. The maximum atomic E-state index is 12.9. The Morgan fingerprint density at radius 2 is 1.68 bits per heavy atom.